The Balaban J connectivity index is 2.59. The van der Waals surface area contributed by atoms with Crippen LogP contribution in [0.25, 0.3) is 0 Å². The minimum Gasteiger partial charge on any atom is -0.465 e. The van der Waals surface area contributed by atoms with Crippen molar-refractivity contribution in [2.24, 2.45) is 0 Å². The van der Waals surface area contributed by atoms with E-state index >= 15 is 0 Å². The van der Waals surface area contributed by atoms with Crippen LogP contribution in [0.5, 0.6) is 0 Å². The molecule has 1 atom stereocenters. The van der Waals surface area contributed by atoms with Crippen LogP contribution in [0.15, 0.2) is 0 Å². The van der Waals surface area contributed by atoms with E-state index in [2.05, 4.69) is 36.1 Å². The first-order valence-electron chi connectivity index (χ1n) is 8.24. The highest BCUT2D eigenvalue weighted by Gasteiger charge is 2.37. The average molecular weight is 299 g/mol. The van der Waals surface area contributed by atoms with Crippen LogP contribution in [0.3, 0.4) is 0 Å². The first-order chi connectivity index (χ1) is 9.92. The molecule has 0 radical (unpaired) electrons. The summed E-state index contributed by atoms with van der Waals surface area (Å²) in [4.78, 5) is 17.0. The summed E-state index contributed by atoms with van der Waals surface area (Å²) in [5, 5.41) is 3.39. The Labute approximate surface area is 130 Å². The van der Waals surface area contributed by atoms with Crippen molar-refractivity contribution in [3.63, 3.8) is 0 Å². The number of likely N-dealkylation sites (tertiary alicyclic amines) is 1. The summed E-state index contributed by atoms with van der Waals surface area (Å²) in [6.07, 6.45) is 3.34. The molecule has 1 aliphatic heterocycles. The van der Waals surface area contributed by atoms with E-state index in [-0.39, 0.29) is 5.97 Å². The summed E-state index contributed by atoms with van der Waals surface area (Å²) in [7, 11) is 4.29. The molecule has 0 aromatic rings. The molecule has 1 saturated heterocycles. The van der Waals surface area contributed by atoms with Crippen molar-refractivity contribution in [1.29, 1.82) is 0 Å². The molecule has 21 heavy (non-hydrogen) atoms. The van der Waals surface area contributed by atoms with Crippen LogP contribution < -0.4 is 5.32 Å². The van der Waals surface area contributed by atoms with Gasteiger partial charge in [-0.25, -0.2) is 0 Å². The zero-order valence-corrected chi connectivity index (χ0v) is 14.4. The highest BCUT2D eigenvalue weighted by atomic mass is 16.5. The van der Waals surface area contributed by atoms with Crippen LogP contribution in [0.2, 0.25) is 0 Å². The molecule has 1 heterocycles. The third kappa shape index (κ3) is 5.57. The topological polar surface area (TPSA) is 44.8 Å². The molecule has 124 valence electrons. The molecule has 1 aliphatic rings. The van der Waals surface area contributed by atoms with Gasteiger partial charge in [0.15, 0.2) is 0 Å². The number of rotatable bonds is 8. The number of nitrogens with one attached hydrogen (secondary N) is 1. The van der Waals surface area contributed by atoms with Crippen molar-refractivity contribution in [3.05, 3.63) is 0 Å². The summed E-state index contributed by atoms with van der Waals surface area (Å²) < 4.78 is 5.27. The lowest BCUT2D eigenvalue weighted by molar-refractivity contribution is -0.151. The Bertz CT molecular complexity index is 315. The lowest BCUT2D eigenvalue weighted by Gasteiger charge is -2.39. The molecule has 1 unspecified atom stereocenters. The number of carbonyl (C=O) groups excluding carboxylic acids is 1. The highest BCUT2D eigenvalue weighted by Crippen LogP contribution is 2.18. The molecule has 0 aromatic heterocycles. The fourth-order valence-corrected chi connectivity index (χ4v) is 2.92. The Morgan fingerprint density at radius 1 is 1.33 bits per heavy atom. The van der Waals surface area contributed by atoms with Crippen LogP contribution in [0.1, 0.15) is 40.0 Å². The predicted octanol–water partition coefficient (Wildman–Crippen LogP) is 1.33. The zero-order chi connectivity index (χ0) is 15.9. The monoisotopic (exact) mass is 299 g/mol. The van der Waals surface area contributed by atoms with Gasteiger partial charge in [0.05, 0.1) is 6.61 Å². The van der Waals surface area contributed by atoms with Crippen molar-refractivity contribution >= 4 is 5.97 Å². The first-order valence-corrected chi connectivity index (χ1v) is 8.24. The summed E-state index contributed by atoms with van der Waals surface area (Å²) in [6.45, 7) is 10.0. The molecule has 1 fully saturated rings. The van der Waals surface area contributed by atoms with Gasteiger partial charge in [-0.05, 0) is 66.8 Å². The molecule has 5 nitrogen and oxygen atoms in total. The first kappa shape index (κ1) is 18.4. The summed E-state index contributed by atoms with van der Waals surface area (Å²) >= 11 is 0. The molecule has 0 bridgehead atoms. The average Bonchev–Trinajstić information content (AvgIpc) is 2.46. The van der Waals surface area contributed by atoms with Gasteiger partial charge in [-0.15, -0.1) is 0 Å². The van der Waals surface area contributed by atoms with E-state index < -0.39 is 5.54 Å². The molecule has 0 spiro atoms. The lowest BCUT2D eigenvalue weighted by Crippen LogP contribution is -2.59. The lowest BCUT2D eigenvalue weighted by atomic mass is 9.98. The zero-order valence-electron chi connectivity index (χ0n) is 14.4. The maximum atomic E-state index is 12.3. The van der Waals surface area contributed by atoms with E-state index in [1.54, 1.807) is 0 Å². The minimum absolute atomic E-state index is 0.131. The Hall–Kier alpha value is -0.650. The van der Waals surface area contributed by atoms with Crippen molar-refractivity contribution in [1.82, 2.24) is 15.1 Å². The largest absolute Gasteiger partial charge is 0.465 e. The second-order valence-electron chi connectivity index (χ2n) is 6.45. The summed E-state index contributed by atoms with van der Waals surface area (Å²) in [6, 6.07) is 0.665. The van der Waals surface area contributed by atoms with E-state index in [0.29, 0.717) is 12.6 Å². The van der Waals surface area contributed by atoms with Crippen LogP contribution in [-0.2, 0) is 9.53 Å². The molecular formula is C16H33N3O2. The number of hydrogen-bond acceptors (Lipinski definition) is 5. The fourth-order valence-electron chi connectivity index (χ4n) is 2.92. The van der Waals surface area contributed by atoms with Crippen molar-refractivity contribution < 1.29 is 9.53 Å². The van der Waals surface area contributed by atoms with Gasteiger partial charge >= 0.3 is 5.97 Å². The maximum absolute atomic E-state index is 12.3. The summed E-state index contributed by atoms with van der Waals surface area (Å²) in [5.74, 6) is -0.131. The molecule has 0 amide bonds. The molecule has 1 rings (SSSR count). The van der Waals surface area contributed by atoms with E-state index in [1.165, 1.54) is 12.8 Å². The van der Waals surface area contributed by atoms with E-state index in [0.717, 1.165) is 32.6 Å². The molecule has 5 heteroatoms. The number of hydrogen-bond donors (Lipinski definition) is 1. The number of piperidine rings is 1. The van der Waals surface area contributed by atoms with Gasteiger partial charge in [-0.3, -0.25) is 4.79 Å². The SMILES string of the molecule is CCCNC(C)(CN1CCC(N(C)C)CC1)C(=O)OCC. The second-order valence-corrected chi connectivity index (χ2v) is 6.45. The number of carbonyl (C=O) groups is 1. The Kier molecular flexibility index (Phi) is 7.63. The third-order valence-electron chi connectivity index (χ3n) is 4.32. The third-order valence-corrected chi connectivity index (χ3v) is 4.32. The number of ether oxygens (including phenoxy) is 1. The number of esters is 1. The molecule has 0 aromatic carbocycles. The molecule has 0 saturated carbocycles. The van der Waals surface area contributed by atoms with Gasteiger partial charge in [0.2, 0.25) is 0 Å². The van der Waals surface area contributed by atoms with E-state index in [1.807, 2.05) is 13.8 Å². The fraction of sp³-hybridized carbons (Fsp3) is 0.938. The predicted molar refractivity (Wildman–Crippen MR) is 86.5 cm³/mol. The smallest absolute Gasteiger partial charge is 0.327 e. The Morgan fingerprint density at radius 2 is 1.95 bits per heavy atom. The van der Waals surface area contributed by atoms with Crippen molar-refractivity contribution in [3.8, 4) is 0 Å². The van der Waals surface area contributed by atoms with Gasteiger partial charge in [0.1, 0.15) is 5.54 Å². The normalized spacial score (nSPS) is 20.5. The van der Waals surface area contributed by atoms with Crippen LogP contribution >= 0.6 is 0 Å². The van der Waals surface area contributed by atoms with Gasteiger partial charge in [-0.2, -0.15) is 0 Å². The minimum atomic E-state index is -0.600. The molecular weight excluding hydrogens is 266 g/mol. The molecule has 0 aliphatic carbocycles. The van der Waals surface area contributed by atoms with Crippen molar-refractivity contribution in [2.75, 3.05) is 46.9 Å². The van der Waals surface area contributed by atoms with Gasteiger partial charge in [-0.1, -0.05) is 6.92 Å². The van der Waals surface area contributed by atoms with Crippen molar-refractivity contribution in [2.45, 2.75) is 51.6 Å². The van der Waals surface area contributed by atoms with Crippen LogP contribution in [-0.4, -0.2) is 74.2 Å². The van der Waals surface area contributed by atoms with E-state index in [9.17, 15) is 4.79 Å². The van der Waals surface area contributed by atoms with E-state index in [4.69, 9.17) is 4.74 Å². The van der Waals surface area contributed by atoms with Crippen LogP contribution in [0.4, 0.5) is 0 Å². The number of nitrogens with zero attached hydrogens (tertiary/aromatic N) is 2. The second kappa shape index (κ2) is 8.71. The quantitative estimate of drug-likeness (QED) is 0.685. The van der Waals surface area contributed by atoms with Gasteiger partial charge in [0.25, 0.3) is 0 Å². The van der Waals surface area contributed by atoms with Crippen LogP contribution in [0, 0.1) is 0 Å². The standard InChI is InChI=1S/C16H33N3O2/c1-6-10-17-16(3,15(20)21-7-2)13-19-11-8-14(9-12-19)18(4)5/h14,17H,6-13H2,1-5H3. The highest BCUT2D eigenvalue weighted by molar-refractivity contribution is 5.80. The molecule has 1 N–H and O–H groups in total. The summed E-state index contributed by atoms with van der Waals surface area (Å²) in [5.41, 5.74) is -0.600. The Morgan fingerprint density at radius 3 is 2.43 bits per heavy atom. The maximum Gasteiger partial charge on any atom is 0.327 e. The van der Waals surface area contributed by atoms with Gasteiger partial charge in [0, 0.05) is 12.6 Å². The van der Waals surface area contributed by atoms with Gasteiger partial charge < -0.3 is 19.9 Å².